The fourth-order valence-corrected chi connectivity index (χ4v) is 5.31. The average molecular weight is 488 g/mol. The Labute approximate surface area is 208 Å². The van der Waals surface area contributed by atoms with Crippen LogP contribution in [0.5, 0.6) is 0 Å². The van der Waals surface area contributed by atoms with Crippen LogP contribution in [0.25, 0.3) is 33.3 Å². The number of nitrogens with zero attached hydrogens (tertiary/aromatic N) is 2. The molecule has 0 saturated carbocycles. The molecule has 36 heavy (non-hydrogen) atoms. The number of hydrogen-bond acceptors (Lipinski definition) is 3. The summed E-state index contributed by atoms with van der Waals surface area (Å²) >= 11 is 0. The first-order valence-corrected chi connectivity index (χ1v) is 12.2. The van der Waals surface area contributed by atoms with Gasteiger partial charge in [0.15, 0.2) is 0 Å². The number of aromatic amines is 1. The molecule has 0 spiro atoms. The van der Waals surface area contributed by atoms with Gasteiger partial charge in [0.2, 0.25) is 0 Å². The van der Waals surface area contributed by atoms with Crippen LogP contribution in [-0.2, 0) is 10.7 Å². The van der Waals surface area contributed by atoms with Gasteiger partial charge in [0.05, 0.1) is 17.1 Å². The fraction of sp³-hybridized carbons (Fsp3) is 0.310. The molecule has 1 aliphatic heterocycles. The monoisotopic (exact) mass is 487 g/mol. The maximum atomic E-state index is 15.2. The molecule has 0 bridgehead atoms. The van der Waals surface area contributed by atoms with Crippen LogP contribution in [-0.4, -0.2) is 33.1 Å². The molecule has 1 fully saturated rings. The van der Waals surface area contributed by atoms with E-state index in [9.17, 15) is 4.79 Å². The Kier molecular flexibility index (Phi) is 4.97. The van der Waals surface area contributed by atoms with E-state index in [1.807, 2.05) is 45.0 Å². The molecule has 3 aromatic carbocycles. The van der Waals surface area contributed by atoms with Gasteiger partial charge < -0.3 is 9.72 Å². The van der Waals surface area contributed by atoms with Crippen molar-refractivity contribution >= 4 is 17.1 Å². The third-order valence-electron chi connectivity index (χ3n) is 6.94. The van der Waals surface area contributed by atoms with Gasteiger partial charge in [-0.1, -0.05) is 42.5 Å². The van der Waals surface area contributed by atoms with Crippen molar-refractivity contribution in [2.24, 2.45) is 0 Å². The highest BCUT2D eigenvalue weighted by molar-refractivity contribution is 5.86. The first-order valence-electron chi connectivity index (χ1n) is 12.2. The van der Waals surface area contributed by atoms with E-state index in [0.717, 1.165) is 35.0 Å². The van der Waals surface area contributed by atoms with Gasteiger partial charge in [0, 0.05) is 17.7 Å². The smallest absolute Gasteiger partial charge is 0.410 e. The molecule has 1 aromatic heterocycles. The number of rotatable bonds is 2. The minimum atomic E-state index is -3.03. The molecule has 184 valence electrons. The van der Waals surface area contributed by atoms with Gasteiger partial charge in [-0.2, -0.15) is 8.78 Å². The molecule has 1 N–H and O–H groups in total. The summed E-state index contributed by atoms with van der Waals surface area (Å²) in [5.41, 5.74) is 3.79. The van der Waals surface area contributed by atoms with Crippen LogP contribution in [0, 0.1) is 0 Å². The predicted molar refractivity (Wildman–Crippen MR) is 135 cm³/mol. The van der Waals surface area contributed by atoms with E-state index in [0.29, 0.717) is 23.5 Å². The highest BCUT2D eigenvalue weighted by atomic mass is 19.3. The zero-order chi connectivity index (χ0) is 25.2. The number of hydrogen-bond donors (Lipinski definition) is 1. The summed E-state index contributed by atoms with van der Waals surface area (Å²) in [6.45, 7) is 6.18. The molecule has 1 atom stereocenters. The zero-order valence-corrected chi connectivity index (χ0v) is 20.4. The fourth-order valence-electron chi connectivity index (χ4n) is 5.31. The molecular formula is C29H27F2N3O2. The second-order valence-corrected chi connectivity index (χ2v) is 10.6. The summed E-state index contributed by atoms with van der Waals surface area (Å²) < 4.78 is 36.0. The second-order valence-electron chi connectivity index (χ2n) is 10.6. The number of imidazole rings is 1. The lowest BCUT2D eigenvalue weighted by Gasteiger charge is -2.27. The van der Waals surface area contributed by atoms with Crippen molar-refractivity contribution in [3.8, 4) is 22.3 Å². The van der Waals surface area contributed by atoms with Gasteiger partial charge in [0.1, 0.15) is 11.4 Å². The van der Waals surface area contributed by atoms with Crippen molar-refractivity contribution in [2.45, 2.75) is 51.2 Å². The van der Waals surface area contributed by atoms with Crippen molar-refractivity contribution < 1.29 is 18.3 Å². The van der Waals surface area contributed by atoms with E-state index < -0.39 is 11.5 Å². The standard InChI is InChI=1S/C29H27F2N3O2/c1-28(2,3)36-27(35)34-14-6-9-25(34)26-32-23-13-11-18(16-24(23)33-26)17-10-12-20-19-7-4-5-8-21(19)29(30,31)22(20)15-17/h4-5,7-8,10-13,15-16,25H,6,9,14H2,1-3H3,(H,32,33). The number of benzene rings is 3. The number of alkyl halides is 2. The molecule has 1 unspecified atom stereocenters. The molecule has 2 aliphatic rings. The van der Waals surface area contributed by atoms with Gasteiger partial charge >= 0.3 is 6.09 Å². The molecule has 0 radical (unpaired) electrons. The summed E-state index contributed by atoms with van der Waals surface area (Å²) in [5.74, 6) is -2.32. The summed E-state index contributed by atoms with van der Waals surface area (Å²) in [5, 5.41) is 0. The maximum Gasteiger partial charge on any atom is 0.410 e. The summed E-state index contributed by atoms with van der Waals surface area (Å²) in [6.07, 6.45) is 1.33. The van der Waals surface area contributed by atoms with Gasteiger partial charge in [-0.25, -0.2) is 9.78 Å². The Morgan fingerprint density at radius 3 is 2.56 bits per heavy atom. The van der Waals surface area contributed by atoms with E-state index in [-0.39, 0.29) is 23.3 Å². The lowest BCUT2D eigenvalue weighted by Crippen LogP contribution is -2.36. The normalized spacial score (nSPS) is 18.4. The Hall–Kier alpha value is -3.74. The number of carbonyl (C=O) groups is 1. The van der Waals surface area contributed by atoms with Crippen LogP contribution in [0.15, 0.2) is 60.7 Å². The number of carbonyl (C=O) groups excluding carboxylic acids is 1. The first-order chi connectivity index (χ1) is 17.1. The number of fused-ring (bicyclic) bond motifs is 4. The quantitative estimate of drug-likeness (QED) is 0.320. The zero-order valence-electron chi connectivity index (χ0n) is 20.4. The van der Waals surface area contributed by atoms with Crippen LogP contribution >= 0.6 is 0 Å². The molecule has 7 heteroatoms. The lowest BCUT2D eigenvalue weighted by molar-refractivity contribution is 0.0218. The maximum absolute atomic E-state index is 15.2. The average Bonchev–Trinajstić information content (AvgIpc) is 3.53. The number of H-pyrrole nitrogens is 1. The van der Waals surface area contributed by atoms with Gasteiger partial charge in [-0.15, -0.1) is 0 Å². The number of aromatic nitrogens is 2. The minimum absolute atomic E-state index is 0.0329. The number of ether oxygens (including phenoxy) is 1. The predicted octanol–water partition coefficient (Wildman–Crippen LogP) is 7.42. The van der Waals surface area contributed by atoms with Gasteiger partial charge in [-0.3, -0.25) is 4.90 Å². The Morgan fingerprint density at radius 2 is 1.75 bits per heavy atom. The second kappa shape index (κ2) is 7.88. The topological polar surface area (TPSA) is 58.2 Å². The van der Waals surface area contributed by atoms with Crippen molar-refractivity contribution in [2.75, 3.05) is 6.54 Å². The highest BCUT2D eigenvalue weighted by Crippen LogP contribution is 2.51. The SMILES string of the molecule is CC(C)(C)OC(=O)N1CCCC1c1nc2ccc(-c3ccc4c(c3)C(F)(F)c3ccccc3-4)cc2[nH]1. The van der Waals surface area contributed by atoms with E-state index in [4.69, 9.17) is 9.72 Å². The number of halogens is 2. The number of nitrogens with one attached hydrogen (secondary N) is 1. The molecule has 4 aromatic rings. The van der Waals surface area contributed by atoms with Gasteiger partial charge in [0.25, 0.3) is 5.92 Å². The number of likely N-dealkylation sites (tertiary alicyclic amines) is 1. The Bertz CT molecular complexity index is 1500. The summed E-state index contributed by atoms with van der Waals surface area (Å²) in [6, 6.07) is 17.5. The molecule has 1 saturated heterocycles. The van der Waals surface area contributed by atoms with E-state index >= 15 is 8.78 Å². The summed E-state index contributed by atoms with van der Waals surface area (Å²) in [4.78, 5) is 22.6. The van der Waals surface area contributed by atoms with Crippen LogP contribution in [0.2, 0.25) is 0 Å². The van der Waals surface area contributed by atoms with E-state index in [2.05, 4.69) is 4.98 Å². The Morgan fingerprint density at radius 1 is 1.03 bits per heavy atom. The highest BCUT2D eigenvalue weighted by Gasteiger charge is 2.44. The van der Waals surface area contributed by atoms with Crippen molar-refractivity contribution in [1.82, 2.24) is 14.9 Å². The molecule has 5 nitrogen and oxygen atoms in total. The molecular weight excluding hydrogens is 460 g/mol. The van der Waals surface area contributed by atoms with Crippen molar-refractivity contribution in [1.29, 1.82) is 0 Å². The molecule has 1 aliphatic carbocycles. The third-order valence-corrected chi connectivity index (χ3v) is 6.94. The van der Waals surface area contributed by atoms with Crippen molar-refractivity contribution in [3.05, 3.63) is 77.6 Å². The Balaban J connectivity index is 1.33. The third kappa shape index (κ3) is 3.65. The lowest BCUT2D eigenvalue weighted by atomic mass is 9.98. The molecule has 6 rings (SSSR count). The van der Waals surface area contributed by atoms with Crippen LogP contribution in [0.3, 0.4) is 0 Å². The first kappa shape index (κ1) is 22.7. The van der Waals surface area contributed by atoms with E-state index in [1.165, 1.54) is 6.07 Å². The number of amides is 1. The van der Waals surface area contributed by atoms with Crippen LogP contribution < -0.4 is 0 Å². The summed E-state index contributed by atoms with van der Waals surface area (Å²) in [7, 11) is 0. The van der Waals surface area contributed by atoms with Crippen LogP contribution in [0.1, 0.15) is 56.6 Å². The van der Waals surface area contributed by atoms with Gasteiger partial charge in [-0.05, 0) is 74.1 Å². The van der Waals surface area contributed by atoms with Crippen LogP contribution in [0.4, 0.5) is 13.6 Å². The minimum Gasteiger partial charge on any atom is -0.444 e. The van der Waals surface area contributed by atoms with E-state index in [1.54, 1.807) is 35.2 Å². The molecule has 2 heterocycles. The molecule has 1 amide bonds. The van der Waals surface area contributed by atoms with Crippen molar-refractivity contribution in [3.63, 3.8) is 0 Å². The largest absolute Gasteiger partial charge is 0.444 e.